The number of nitrogen functional groups attached to an aromatic ring is 1. The number of nitrogens with two attached hydrogens (primary N) is 1. The van der Waals surface area contributed by atoms with Crippen LogP contribution < -0.4 is 10.6 Å². The van der Waals surface area contributed by atoms with E-state index in [1.807, 2.05) is 17.0 Å². The van der Waals surface area contributed by atoms with E-state index in [9.17, 15) is 4.79 Å². The monoisotopic (exact) mass is 290 g/mol. The van der Waals surface area contributed by atoms with Gasteiger partial charge >= 0.3 is 0 Å². The number of furan rings is 1. The van der Waals surface area contributed by atoms with Crippen LogP contribution in [0.1, 0.15) is 10.6 Å². The first-order valence-corrected chi connectivity index (χ1v) is 6.60. The van der Waals surface area contributed by atoms with Gasteiger partial charge in [0.15, 0.2) is 12.0 Å². The second-order valence-corrected chi connectivity index (χ2v) is 4.56. The largest absolute Gasteiger partial charge is 0.461 e. The van der Waals surface area contributed by atoms with Crippen LogP contribution in [0.4, 0.5) is 11.4 Å². The molecule has 6 heteroatoms. The Bertz CT molecular complexity index is 603. The maximum absolute atomic E-state index is 10.7. The number of hydrogen-bond donors (Lipinski definition) is 3. The van der Waals surface area contributed by atoms with E-state index in [4.69, 9.17) is 20.4 Å². The van der Waals surface area contributed by atoms with Crippen molar-refractivity contribution in [3.05, 3.63) is 36.3 Å². The van der Waals surface area contributed by atoms with Crippen molar-refractivity contribution >= 4 is 17.7 Å². The van der Waals surface area contributed by atoms with Crippen LogP contribution in [0.15, 0.2) is 34.9 Å². The fourth-order valence-corrected chi connectivity index (χ4v) is 2.16. The Balaban J connectivity index is 2.37. The molecule has 0 aliphatic rings. The lowest BCUT2D eigenvalue weighted by molar-refractivity contribution is 0.110. The smallest absolute Gasteiger partial charge is 0.185 e. The summed E-state index contributed by atoms with van der Waals surface area (Å²) < 4.78 is 5.10. The van der Waals surface area contributed by atoms with Gasteiger partial charge in [-0.3, -0.25) is 4.79 Å². The lowest BCUT2D eigenvalue weighted by Crippen LogP contribution is -2.29. The van der Waals surface area contributed by atoms with Crippen LogP contribution in [-0.2, 0) is 0 Å². The van der Waals surface area contributed by atoms with Crippen molar-refractivity contribution in [3.63, 3.8) is 0 Å². The second kappa shape index (κ2) is 6.92. The Morgan fingerprint density at radius 1 is 1.19 bits per heavy atom. The van der Waals surface area contributed by atoms with Crippen LogP contribution in [0.3, 0.4) is 0 Å². The summed E-state index contributed by atoms with van der Waals surface area (Å²) in [6, 6.07) is 7.04. The van der Waals surface area contributed by atoms with E-state index < -0.39 is 0 Å². The Labute approximate surface area is 122 Å². The predicted molar refractivity (Wildman–Crippen MR) is 80.3 cm³/mol. The van der Waals surface area contributed by atoms with Crippen LogP contribution in [-0.4, -0.2) is 42.8 Å². The fourth-order valence-electron chi connectivity index (χ4n) is 2.16. The lowest BCUT2D eigenvalue weighted by atomic mass is 10.1. The van der Waals surface area contributed by atoms with E-state index in [1.54, 1.807) is 12.1 Å². The van der Waals surface area contributed by atoms with Gasteiger partial charge in [0.2, 0.25) is 0 Å². The van der Waals surface area contributed by atoms with E-state index in [0.29, 0.717) is 30.6 Å². The molecule has 2 rings (SSSR count). The normalized spacial score (nSPS) is 10.6. The predicted octanol–water partition coefficient (Wildman–Crippen LogP) is 1.13. The molecule has 0 atom stereocenters. The first-order chi connectivity index (χ1) is 10.2. The van der Waals surface area contributed by atoms with Gasteiger partial charge in [-0.2, -0.15) is 0 Å². The second-order valence-electron chi connectivity index (χ2n) is 4.56. The van der Waals surface area contributed by atoms with Gasteiger partial charge in [0.1, 0.15) is 0 Å². The summed E-state index contributed by atoms with van der Waals surface area (Å²) in [6.07, 6.45) is 2.11. The minimum atomic E-state index is -0.0132. The molecule has 112 valence electrons. The molecule has 6 nitrogen and oxygen atoms in total. The molecule has 0 aliphatic heterocycles. The molecule has 0 bridgehead atoms. The number of anilines is 2. The van der Waals surface area contributed by atoms with Gasteiger partial charge in [-0.05, 0) is 24.3 Å². The molecule has 0 saturated heterocycles. The van der Waals surface area contributed by atoms with Gasteiger partial charge in [-0.1, -0.05) is 0 Å². The number of benzene rings is 1. The quantitative estimate of drug-likeness (QED) is 0.522. The molecule has 1 aromatic heterocycles. The molecule has 0 aliphatic carbocycles. The third kappa shape index (κ3) is 3.42. The van der Waals surface area contributed by atoms with Crippen molar-refractivity contribution in [2.45, 2.75) is 0 Å². The summed E-state index contributed by atoms with van der Waals surface area (Å²) in [6.45, 7) is 0.797. The molecule has 4 N–H and O–H groups in total. The molecule has 0 fully saturated rings. The number of rotatable bonds is 7. The van der Waals surface area contributed by atoms with Crippen molar-refractivity contribution in [2.75, 3.05) is 36.9 Å². The van der Waals surface area contributed by atoms with Gasteiger partial charge in [-0.25, -0.2) is 0 Å². The first-order valence-electron chi connectivity index (χ1n) is 6.60. The Hall–Kier alpha value is -2.31. The molecular weight excluding hydrogens is 272 g/mol. The van der Waals surface area contributed by atoms with Gasteiger partial charge in [0, 0.05) is 35.6 Å². The number of carbonyl (C=O) groups excluding carboxylic acids is 1. The summed E-state index contributed by atoms with van der Waals surface area (Å²) in [4.78, 5) is 12.5. The summed E-state index contributed by atoms with van der Waals surface area (Å²) in [5, 5.41) is 18.2. The maximum atomic E-state index is 10.7. The lowest BCUT2D eigenvalue weighted by Gasteiger charge is -2.23. The number of carbonyl (C=O) groups is 1. The zero-order valence-corrected chi connectivity index (χ0v) is 11.5. The molecule has 0 radical (unpaired) electrons. The topological polar surface area (TPSA) is 99.9 Å². The van der Waals surface area contributed by atoms with E-state index >= 15 is 0 Å². The van der Waals surface area contributed by atoms with Gasteiger partial charge < -0.3 is 25.3 Å². The highest BCUT2D eigenvalue weighted by Gasteiger charge is 2.11. The zero-order valence-electron chi connectivity index (χ0n) is 11.5. The fraction of sp³-hybridized carbons (Fsp3) is 0.267. The minimum Gasteiger partial charge on any atom is -0.461 e. The number of aldehydes is 1. The van der Waals surface area contributed by atoms with Crippen molar-refractivity contribution in [1.82, 2.24) is 0 Å². The van der Waals surface area contributed by atoms with E-state index in [1.165, 1.54) is 6.26 Å². The number of aliphatic hydroxyl groups is 2. The summed E-state index contributed by atoms with van der Waals surface area (Å²) in [5.41, 5.74) is 8.82. The van der Waals surface area contributed by atoms with Crippen LogP contribution in [0.5, 0.6) is 0 Å². The molecule has 1 heterocycles. The van der Waals surface area contributed by atoms with Crippen molar-refractivity contribution < 1.29 is 19.4 Å². The molecule has 21 heavy (non-hydrogen) atoms. The summed E-state index contributed by atoms with van der Waals surface area (Å²) >= 11 is 0. The van der Waals surface area contributed by atoms with E-state index in [-0.39, 0.29) is 19.0 Å². The highest BCUT2D eigenvalue weighted by Crippen LogP contribution is 2.31. The van der Waals surface area contributed by atoms with E-state index in [0.717, 1.165) is 11.3 Å². The van der Waals surface area contributed by atoms with Crippen molar-refractivity contribution in [1.29, 1.82) is 0 Å². The SMILES string of the molecule is Nc1ccc(N(CCO)CCO)cc1-c1coc(C=O)c1. The Morgan fingerprint density at radius 3 is 2.48 bits per heavy atom. The highest BCUT2D eigenvalue weighted by atomic mass is 16.3. The highest BCUT2D eigenvalue weighted by molar-refractivity contribution is 5.82. The summed E-state index contributed by atoms with van der Waals surface area (Å²) in [7, 11) is 0. The number of hydrogen-bond acceptors (Lipinski definition) is 6. The zero-order chi connectivity index (χ0) is 15.2. The first kappa shape index (κ1) is 15.1. The molecule has 0 spiro atoms. The molecule has 0 unspecified atom stereocenters. The van der Waals surface area contributed by atoms with Crippen LogP contribution in [0, 0.1) is 0 Å². The molecule has 0 saturated carbocycles. The van der Waals surface area contributed by atoms with Crippen LogP contribution in [0.25, 0.3) is 11.1 Å². The van der Waals surface area contributed by atoms with Gasteiger partial charge in [0.05, 0.1) is 19.5 Å². The van der Waals surface area contributed by atoms with Gasteiger partial charge in [0.25, 0.3) is 0 Å². The Morgan fingerprint density at radius 2 is 1.90 bits per heavy atom. The van der Waals surface area contributed by atoms with Crippen LogP contribution >= 0.6 is 0 Å². The van der Waals surface area contributed by atoms with Crippen LogP contribution in [0.2, 0.25) is 0 Å². The third-order valence-corrected chi connectivity index (χ3v) is 3.19. The van der Waals surface area contributed by atoms with Gasteiger partial charge in [-0.15, -0.1) is 0 Å². The average Bonchev–Trinajstić information content (AvgIpc) is 2.96. The molecular formula is C15H18N2O4. The molecule has 0 amide bonds. The molecule has 2 aromatic rings. The number of nitrogens with zero attached hydrogens (tertiary/aromatic N) is 1. The average molecular weight is 290 g/mol. The molecule has 1 aromatic carbocycles. The third-order valence-electron chi connectivity index (χ3n) is 3.19. The number of aliphatic hydroxyl groups excluding tert-OH is 2. The van der Waals surface area contributed by atoms with Crippen molar-refractivity contribution in [2.24, 2.45) is 0 Å². The standard InChI is InChI=1S/C15H18N2O4/c16-15-2-1-12(17(3-5-18)4-6-19)8-14(15)11-7-13(9-20)21-10-11/h1-2,7-10,18-19H,3-6,16H2. The summed E-state index contributed by atoms with van der Waals surface area (Å²) in [5.74, 6) is 0.234. The Kier molecular flexibility index (Phi) is 4.97. The minimum absolute atomic E-state index is 0.0132. The van der Waals surface area contributed by atoms with E-state index in [2.05, 4.69) is 0 Å². The maximum Gasteiger partial charge on any atom is 0.185 e. The van der Waals surface area contributed by atoms with Crippen molar-refractivity contribution in [3.8, 4) is 11.1 Å².